The number of aromatic carboxylic acids is 1. The van der Waals surface area contributed by atoms with Crippen molar-refractivity contribution in [3.63, 3.8) is 0 Å². The number of halogens is 2. The third kappa shape index (κ3) is 7.05. The number of nitrogen functional groups attached to an aromatic ring is 2. The summed E-state index contributed by atoms with van der Waals surface area (Å²) in [5.74, 6) is -1.16. The lowest BCUT2D eigenvalue weighted by Crippen LogP contribution is -2.05. The zero-order valence-electron chi connectivity index (χ0n) is 23.3. The van der Waals surface area contributed by atoms with Gasteiger partial charge in [-0.05, 0) is 54.4 Å². The van der Waals surface area contributed by atoms with E-state index in [2.05, 4.69) is 19.9 Å². The first-order chi connectivity index (χ1) is 21.1. The lowest BCUT2D eigenvalue weighted by molar-refractivity contribution is 0.0519. The highest BCUT2D eigenvalue weighted by Crippen LogP contribution is 2.21. The van der Waals surface area contributed by atoms with Crippen molar-refractivity contribution in [3.05, 3.63) is 106 Å². The third-order valence-corrected chi connectivity index (χ3v) is 6.86. The lowest BCUT2D eigenvalue weighted by Gasteiger charge is -2.06. The predicted molar refractivity (Wildman–Crippen MR) is 168 cm³/mol. The Labute approximate surface area is 260 Å². The smallest absolute Gasteiger partial charge is 0.358 e. The molecule has 0 saturated heterocycles. The maximum Gasteiger partial charge on any atom is 0.358 e. The van der Waals surface area contributed by atoms with Crippen LogP contribution in [0, 0.1) is 0 Å². The number of nitrogens with zero attached hydrogens (tertiary/aromatic N) is 6. The van der Waals surface area contributed by atoms with E-state index in [0.29, 0.717) is 29.7 Å². The molecule has 0 aliphatic heterocycles. The zero-order chi connectivity index (χ0) is 31.4. The molecule has 12 nitrogen and oxygen atoms in total. The van der Waals surface area contributed by atoms with E-state index < -0.39 is 11.9 Å². The molecule has 6 rings (SSSR count). The molecular weight excluding hydrogens is 607 g/mol. The molecule has 0 atom stereocenters. The number of carbonyl (C=O) groups excluding carboxylic acids is 1. The number of nitrogens with two attached hydrogens (primary N) is 2. The molecule has 5 N–H and O–H groups in total. The van der Waals surface area contributed by atoms with Crippen molar-refractivity contribution in [1.29, 1.82) is 0 Å². The molecule has 224 valence electrons. The van der Waals surface area contributed by atoms with E-state index >= 15 is 0 Å². The topological polar surface area (TPSA) is 177 Å². The van der Waals surface area contributed by atoms with E-state index in [0.717, 1.165) is 32.9 Å². The highest BCUT2D eigenvalue weighted by molar-refractivity contribution is 6.31. The molecule has 6 aromatic rings. The van der Waals surface area contributed by atoms with Gasteiger partial charge in [0.05, 0.1) is 40.8 Å². The lowest BCUT2D eigenvalue weighted by atomic mass is 10.1. The van der Waals surface area contributed by atoms with Gasteiger partial charge >= 0.3 is 11.9 Å². The van der Waals surface area contributed by atoms with E-state index in [1.807, 2.05) is 48.5 Å². The van der Waals surface area contributed by atoms with Crippen molar-refractivity contribution in [2.45, 2.75) is 20.0 Å². The number of aromatic nitrogens is 6. The Balaban J connectivity index is 0.000000175. The van der Waals surface area contributed by atoms with Crippen LogP contribution in [0.3, 0.4) is 0 Å². The summed E-state index contributed by atoms with van der Waals surface area (Å²) in [6.07, 6.45) is 6.21. The number of rotatable bonds is 7. The molecule has 0 radical (unpaired) electrons. The maximum atomic E-state index is 11.7. The number of carbonyl (C=O) groups is 2. The number of esters is 1. The number of hydrogen-bond donors (Lipinski definition) is 3. The molecule has 0 aliphatic rings. The summed E-state index contributed by atoms with van der Waals surface area (Å²) in [5.41, 5.74) is 15.4. The number of fused-ring (bicyclic) bond motifs is 2. The van der Waals surface area contributed by atoms with Crippen LogP contribution in [0.15, 0.2) is 73.3 Å². The van der Waals surface area contributed by atoms with Crippen LogP contribution >= 0.6 is 23.2 Å². The Kier molecular flexibility index (Phi) is 8.93. The summed E-state index contributed by atoms with van der Waals surface area (Å²) in [7, 11) is 0. The maximum absolute atomic E-state index is 11.7. The van der Waals surface area contributed by atoms with Crippen molar-refractivity contribution < 1.29 is 19.4 Å². The van der Waals surface area contributed by atoms with Crippen LogP contribution in [0.25, 0.3) is 21.8 Å². The number of imidazole rings is 2. The largest absolute Gasteiger partial charge is 0.476 e. The van der Waals surface area contributed by atoms with E-state index in [9.17, 15) is 9.59 Å². The Morgan fingerprint density at radius 3 is 1.73 bits per heavy atom. The van der Waals surface area contributed by atoms with E-state index in [1.54, 1.807) is 34.6 Å². The van der Waals surface area contributed by atoms with Crippen molar-refractivity contribution in [1.82, 2.24) is 29.1 Å². The predicted octanol–water partition coefficient (Wildman–Crippen LogP) is 5.31. The highest BCUT2D eigenvalue weighted by atomic mass is 35.5. The number of carboxylic acids is 1. The van der Waals surface area contributed by atoms with Gasteiger partial charge < -0.3 is 30.4 Å². The first kappa shape index (κ1) is 30.3. The number of benzene rings is 2. The fourth-order valence-corrected chi connectivity index (χ4v) is 4.75. The molecule has 0 saturated carbocycles. The SMILES string of the molecule is CCOC(=O)c1cn(Cc2ccc3ncc(Cl)cc3c2)c(N)n1.Nc1nc(C(=O)O)cn1Cc1ccc2ncc(Cl)cc2c1. The van der Waals surface area contributed by atoms with Gasteiger partial charge in [-0.25, -0.2) is 19.6 Å². The summed E-state index contributed by atoms with van der Waals surface area (Å²) in [5, 5.41) is 11.9. The molecule has 4 aromatic heterocycles. The number of hydrogen-bond acceptors (Lipinski definition) is 9. The Morgan fingerprint density at radius 1 is 0.795 bits per heavy atom. The second kappa shape index (κ2) is 13.0. The molecule has 0 unspecified atom stereocenters. The normalized spacial score (nSPS) is 10.9. The molecule has 14 heteroatoms. The van der Waals surface area contributed by atoms with E-state index in [4.69, 9.17) is 44.5 Å². The van der Waals surface area contributed by atoms with Crippen LogP contribution in [0.1, 0.15) is 39.0 Å². The standard InChI is InChI=1S/C16H15ClN4O2.C14H11ClN4O2/c1-2-23-15(22)14-9-21(16(18)20-14)8-10-3-4-13-11(5-10)6-12(17)7-19-13;15-10-4-9-3-8(1-2-11(9)17-5-10)6-19-7-12(13(20)21)18-14(19)16/h3-7,9H,2,8H2,1H3,(H2,18,20);1-5,7H,6H2,(H2,16,18)(H,20,21). The van der Waals surface area contributed by atoms with Crippen molar-refractivity contribution in [3.8, 4) is 0 Å². The molecule has 44 heavy (non-hydrogen) atoms. The first-order valence-corrected chi connectivity index (χ1v) is 14.0. The molecule has 0 spiro atoms. The van der Waals surface area contributed by atoms with Gasteiger partial charge in [0, 0.05) is 35.6 Å². The molecule has 0 bridgehead atoms. The second-order valence-electron chi connectivity index (χ2n) is 9.61. The highest BCUT2D eigenvalue weighted by Gasteiger charge is 2.14. The minimum atomic E-state index is -1.10. The summed E-state index contributed by atoms with van der Waals surface area (Å²) < 4.78 is 8.21. The summed E-state index contributed by atoms with van der Waals surface area (Å²) in [6.45, 7) is 2.95. The Morgan fingerprint density at radius 2 is 1.27 bits per heavy atom. The van der Waals surface area contributed by atoms with E-state index in [-0.39, 0.29) is 23.3 Å². The van der Waals surface area contributed by atoms with Gasteiger partial charge in [0.2, 0.25) is 11.9 Å². The molecule has 2 aromatic carbocycles. The van der Waals surface area contributed by atoms with Gasteiger partial charge in [0.25, 0.3) is 0 Å². The molecule has 0 amide bonds. The number of carboxylic acid groups (broad SMARTS) is 1. The van der Waals surface area contributed by atoms with Crippen LogP contribution in [0.5, 0.6) is 0 Å². The monoisotopic (exact) mass is 632 g/mol. The number of anilines is 2. The number of pyridine rings is 2. The van der Waals surface area contributed by atoms with Crippen molar-refractivity contribution >= 4 is 68.8 Å². The van der Waals surface area contributed by atoms with Crippen molar-refractivity contribution in [2.24, 2.45) is 0 Å². The molecule has 0 fully saturated rings. The van der Waals surface area contributed by atoms with Gasteiger partial charge in [-0.15, -0.1) is 0 Å². The summed E-state index contributed by atoms with van der Waals surface area (Å²) in [6, 6.07) is 15.3. The minimum Gasteiger partial charge on any atom is -0.476 e. The quantitative estimate of drug-likeness (QED) is 0.195. The summed E-state index contributed by atoms with van der Waals surface area (Å²) in [4.78, 5) is 38.9. The Hall–Kier alpha value is -5.20. The average Bonchev–Trinajstić information content (AvgIpc) is 3.55. The average molecular weight is 633 g/mol. The van der Waals surface area contributed by atoms with Crippen LogP contribution in [0.4, 0.5) is 11.9 Å². The van der Waals surface area contributed by atoms with E-state index in [1.165, 1.54) is 6.20 Å². The second-order valence-corrected chi connectivity index (χ2v) is 10.5. The van der Waals surface area contributed by atoms with Crippen LogP contribution in [-0.2, 0) is 17.8 Å². The minimum absolute atomic E-state index is 0.0713. The van der Waals surface area contributed by atoms with Gasteiger partial charge in [-0.3, -0.25) is 9.97 Å². The zero-order valence-corrected chi connectivity index (χ0v) is 24.8. The van der Waals surface area contributed by atoms with Crippen LogP contribution < -0.4 is 11.5 Å². The van der Waals surface area contributed by atoms with Gasteiger partial charge in [-0.2, -0.15) is 0 Å². The van der Waals surface area contributed by atoms with Gasteiger partial charge in [-0.1, -0.05) is 35.3 Å². The fraction of sp³-hybridized carbons (Fsp3) is 0.133. The first-order valence-electron chi connectivity index (χ1n) is 13.2. The van der Waals surface area contributed by atoms with Crippen molar-refractivity contribution in [2.75, 3.05) is 18.1 Å². The molecular formula is C30H26Cl2N8O4. The molecule has 4 heterocycles. The third-order valence-electron chi connectivity index (χ3n) is 6.45. The van der Waals surface area contributed by atoms with Gasteiger partial charge in [0.1, 0.15) is 0 Å². The number of ether oxygens (including phenoxy) is 1. The van der Waals surface area contributed by atoms with Gasteiger partial charge in [0.15, 0.2) is 11.4 Å². The summed E-state index contributed by atoms with van der Waals surface area (Å²) >= 11 is 11.9. The molecule has 0 aliphatic carbocycles. The van der Waals surface area contributed by atoms with Crippen LogP contribution in [0.2, 0.25) is 10.0 Å². The fourth-order valence-electron chi connectivity index (χ4n) is 4.42. The Bertz CT molecular complexity index is 2010. The van der Waals surface area contributed by atoms with Crippen LogP contribution in [-0.4, -0.2) is 52.7 Å².